The lowest BCUT2D eigenvalue weighted by atomic mass is 9.94. The van der Waals surface area contributed by atoms with Crippen LogP contribution in [0.5, 0.6) is 0 Å². The second-order valence-electron chi connectivity index (χ2n) is 15.2. The largest absolute Gasteiger partial charge is 0.456 e. The number of hydrogen-bond donors (Lipinski definition) is 0. The van der Waals surface area contributed by atoms with Gasteiger partial charge in [-0.3, -0.25) is 0 Å². The molecule has 12 aromatic rings. The van der Waals surface area contributed by atoms with Gasteiger partial charge in [-0.05, 0) is 128 Å². The zero-order chi connectivity index (χ0) is 38.9. The fourth-order valence-corrected chi connectivity index (χ4v) is 8.74. The van der Waals surface area contributed by atoms with Crippen LogP contribution < -0.4 is 4.90 Å². The highest BCUT2D eigenvalue weighted by molar-refractivity contribution is 6.10. The van der Waals surface area contributed by atoms with Crippen LogP contribution in [0.4, 0.5) is 17.1 Å². The highest BCUT2D eigenvalue weighted by Crippen LogP contribution is 2.41. The molecule has 0 amide bonds. The predicted molar refractivity (Wildman–Crippen MR) is 245 cm³/mol. The Morgan fingerprint density at radius 3 is 1.86 bits per heavy atom. The summed E-state index contributed by atoms with van der Waals surface area (Å²) in [6.45, 7) is 0. The lowest BCUT2D eigenvalue weighted by molar-refractivity contribution is 0.620. The van der Waals surface area contributed by atoms with E-state index in [4.69, 9.17) is 13.8 Å². The van der Waals surface area contributed by atoms with Crippen molar-refractivity contribution in [1.29, 1.82) is 0 Å². The Morgan fingerprint density at radius 1 is 0.322 bits per heavy atom. The summed E-state index contributed by atoms with van der Waals surface area (Å²) in [7, 11) is 0. The molecule has 0 bridgehead atoms. The number of nitrogens with zero attached hydrogens (tertiary/aromatic N) is 2. The number of aromatic nitrogens is 1. The van der Waals surface area contributed by atoms with E-state index in [0.717, 1.165) is 83.1 Å². The van der Waals surface area contributed by atoms with Crippen molar-refractivity contribution in [1.82, 2.24) is 4.98 Å². The molecule has 4 nitrogen and oxygen atoms in total. The Balaban J connectivity index is 0.890. The van der Waals surface area contributed by atoms with Crippen molar-refractivity contribution < 1.29 is 8.83 Å². The van der Waals surface area contributed by atoms with Gasteiger partial charge in [0.05, 0.1) is 0 Å². The quantitative estimate of drug-likeness (QED) is 0.170. The summed E-state index contributed by atoms with van der Waals surface area (Å²) in [5.41, 5.74) is 12.2. The normalized spacial score (nSPS) is 11.7. The van der Waals surface area contributed by atoms with E-state index >= 15 is 0 Å². The van der Waals surface area contributed by atoms with E-state index in [0.29, 0.717) is 5.89 Å². The average Bonchev–Trinajstić information content (AvgIpc) is 3.91. The van der Waals surface area contributed by atoms with Gasteiger partial charge in [0, 0.05) is 44.9 Å². The van der Waals surface area contributed by atoms with Crippen LogP contribution in [-0.2, 0) is 0 Å². The summed E-state index contributed by atoms with van der Waals surface area (Å²) >= 11 is 0. The molecule has 0 N–H and O–H groups in total. The fourth-order valence-electron chi connectivity index (χ4n) is 8.74. The number of hydrogen-bond acceptors (Lipinski definition) is 4. The third-order valence-corrected chi connectivity index (χ3v) is 11.6. The van der Waals surface area contributed by atoms with Crippen LogP contribution in [0.3, 0.4) is 0 Å². The van der Waals surface area contributed by atoms with Gasteiger partial charge in [0.25, 0.3) is 0 Å². The SMILES string of the molecule is c1ccc(N(c2cccc(-c3ccc4cc(-c5cccc6c5ccc5oc(-c7ccc8ccccc8c7)nc56)ccc4c3)c2)c2ccc3c(c2)oc2ccccc23)cc1. The van der Waals surface area contributed by atoms with Gasteiger partial charge in [-0.15, -0.1) is 0 Å². The Bertz CT molecular complexity index is 3580. The van der Waals surface area contributed by atoms with Crippen LogP contribution in [0.1, 0.15) is 0 Å². The van der Waals surface area contributed by atoms with Gasteiger partial charge in [-0.25, -0.2) is 4.98 Å². The molecular weight excluding hydrogens is 721 g/mol. The van der Waals surface area contributed by atoms with Crippen molar-refractivity contribution in [2.24, 2.45) is 0 Å². The first-order chi connectivity index (χ1) is 29.2. The number of rotatable bonds is 6. The van der Waals surface area contributed by atoms with Crippen molar-refractivity contribution in [3.05, 3.63) is 206 Å². The number of anilines is 3. The van der Waals surface area contributed by atoms with E-state index in [1.165, 1.54) is 27.1 Å². The van der Waals surface area contributed by atoms with Crippen molar-refractivity contribution in [3.63, 3.8) is 0 Å². The summed E-state index contributed by atoms with van der Waals surface area (Å²) in [6, 6.07) is 73.0. The second kappa shape index (κ2) is 13.3. The van der Waals surface area contributed by atoms with E-state index in [1.807, 2.05) is 12.1 Å². The first kappa shape index (κ1) is 33.2. The van der Waals surface area contributed by atoms with Gasteiger partial charge in [-0.1, -0.05) is 121 Å². The number of oxazole rings is 1. The maximum Gasteiger partial charge on any atom is 0.227 e. The van der Waals surface area contributed by atoms with Crippen molar-refractivity contribution in [3.8, 4) is 33.7 Å². The second-order valence-corrected chi connectivity index (χ2v) is 15.2. The van der Waals surface area contributed by atoms with Gasteiger partial charge in [0.2, 0.25) is 5.89 Å². The molecule has 59 heavy (non-hydrogen) atoms. The number of para-hydroxylation sites is 2. The van der Waals surface area contributed by atoms with E-state index in [2.05, 4.69) is 199 Å². The number of furan rings is 1. The highest BCUT2D eigenvalue weighted by atomic mass is 16.3. The molecule has 276 valence electrons. The lowest BCUT2D eigenvalue weighted by Gasteiger charge is -2.26. The minimum absolute atomic E-state index is 0.632. The van der Waals surface area contributed by atoms with E-state index in [1.54, 1.807) is 0 Å². The molecule has 0 atom stereocenters. The van der Waals surface area contributed by atoms with Crippen molar-refractivity contribution >= 4 is 82.4 Å². The van der Waals surface area contributed by atoms with E-state index in [9.17, 15) is 0 Å². The molecule has 0 aliphatic carbocycles. The number of fused-ring (bicyclic) bond motifs is 8. The molecule has 2 heterocycles. The summed E-state index contributed by atoms with van der Waals surface area (Å²) in [5, 5.41) is 9.20. The Kier molecular flexibility index (Phi) is 7.50. The molecule has 2 aromatic heterocycles. The van der Waals surface area contributed by atoms with Crippen molar-refractivity contribution in [2.75, 3.05) is 4.90 Å². The topological polar surface area (TPSA) is 42.4 Å². The first-order valence-corrected chi connectivity index (χ1v) is 19.9. The maximum atomic E-state index is 6.34. The molecule has 0 saturated carbocycles. The molecule has 0 aliphatic heterocycles. The van der Waals surface area contributed by atoms with Gasteiger partial charge < -0.3 is 13.7 Å². The first-order valence-electron chi connectivity index (χ1n) is 19.9. The molecule has 0 unspecified atom stereocenters. The Morgan fingerprint density at radius 2 is 0.949 bits per heavy atom. The average molecular weight is 755 g/mol. The molecule has 0 fully saturated rings. The van der Waals surface area contributed by atoms with Crippen LogP contribution in [0, 0.1) is 0 Å². The zero-order valence-corrected chi connectivity index (χ0v) is 31.8. The Labute approximate surface area is 339 Å². The molecule has 4 heteroatoms. The van der Waals surface area contributed by atoms with Crippen LogP contribution in [-0.4, -0.2) is 4.98 Å². The van der Waals surface area contributed by atoms with Gasteiger partial charge in [0.1, 0.15) is 16.7 Å². The molecule has 0 spiro atoms. The van der Waals surface area contributed by atoms with Crippen LogP contribution in [0.25, 0.3) is 99.1 Å². The predicted octanol–water partition coefficient (Wildman–Crippen LogP) is 15.7. The summed E-state index contributed by atoms with van der Waals surface area (Å²) in [4.78, 5) is 7.33. The van der Waals surface area contributed by atoms with Gasteiger partial charge >= 0.3 is 0 Å². The summed E-state index contributed by atoms with van der Waals surface area (Å²) in [6.07, 6.45) is 0. The minimum atomic E-state index is 0.632. The minimum Gasteiger partial charge on any atom is -0.456 e. The number of benzene rings is 10. The zero-order valence-electron chi connectivity index (χ0n) is 31.8. The molecular formula is C55H34N2O2. The third-order valence-electron chi connectivity index (χ3n) is 11.6. The third kappa shape index (κ3) is 5.65. The molecule has 0 radical (unpaired) electrons. The molecule has 0 aliphatic rings. The maximum absolute atomic E-state index is 6.34. The van der Waals surface area contributed by atoms with E-state index in [-0.39, 0.29) is 0 Å². The van der Waals surface area contributed by atoms with Gasteiger partial charge in [0.15, 0.2) is 5.58 Å². The fraction of sp³-hybridized carbons (Fsp3) is 0. The van der Waals surface area contributed by atoms with Crippen LogP contribution in [0.15, 0.2) is 215 Å². The Hall–Kier alpha value is -7.95. The van der Waals surface area contributed by atoms with Gasteiger partial charge in [-0.2, -0.15) is 0 Å². The highest BCUT2D eigenvalue weighted by Gasteiger charge is 2.17. The monoisotopic (exact) mass is 754 g/mol. The van der Waals surface area contributed by atoms with E-state index < -0.39 is 0 Å². The molecule has 0 saturated heterocycles. The molecule has 10 aromatic carbocycles. The molecule has 12 rings (SSSR count). The summed E-state index contributed by atoms with van der Waals surface area (Å²) < 4.78 is 12.7. The van der Waals surface area contributed by atoms with Crippen LogP contribution >= 0.6 is 0 Å². The summed E-state index contributed by atoms with van der Waals surface area (Å²) in [5.74, 6) is 0.632. The lowest BCUT2D eigenvalue weighted by Crippen LogP contribution is -2.09. The smallest absolute Gasteiger partial charge is 0.227 e. The standard InChI is InChI=1S/C55H34N2O2/c1-2-13-43(14-3-1)57(45-26-27-49-48-16-6-7-19-51(48)58-53(49)34-45)44-15-8-12-37(33-44)38-21-22-40-31-41(24-23-39(40)30-38)46-17-9-18-50-47(46)28-29-52-54(50)56-55(59-52)42-25-20-35-10-4-5-11-36(35)32-42/h1-34H. The van der Waals surface area contributed by atoms with Crippen molar-refractivity contribution in [2.45, 2.75) is 0 Å². The van der Waals surface area contributed by atoms with Crippen LogP contribution in [0.2, 0.25) is 0 Å².